The number of carbonyl (C=O) groups excluding carboxylic acids is 3. The van der Waals surface area contributed by atoms with E-state index in [9.17, 15) is 14.4 Å². The summed E-state index contributed by atoms with van der Waals surface area (Å²) in [6.07, 6.45) is -1.20. The van der Waals surface area contributed by atoms with Gasteiger partial charge in [-0.3, -0.25) is 4.79 Å². The molecule has 4 aromatic rings. The first-order chi connectivity index (χ1) is 23.3. The predicted octanol–water partition coefficient (Wildman–Crippen LogP) is 5.29. The fourth-order valence-corrected chi connectivity index (χ4v) is 5.06. The normalized spacial score (nSPS) is 11.7. The van der Waals surface area contributed by atoms with Gasteiger partial charge in [-0.25, -0.2) is 9.59 Å². The number of benzene rings is 4. The molecule has 0 saturated carbocycles. The molecule has 4 rings (SSSR count). The van der Waals surface area contributed by atoms with Gasteiger partial charge in [0.25, 0.3) is 5.91 Å². The Labute approximate surface area is 278 Å². The molecule has 0 spiro atoms. The van der Waals surface area contributed by atoms with E-state index in [2.05, 4.69) is 5.32 Å². The summed E-state index contributed by atoms with van der Waals surface area (Å²) in [5.41, 5.74) is 0.624. The van der Waals surface area contributed by atoms with Gasteiger partial charge in [-0.15, -0.1) is 0 Å². The number of hydrogen-bond donors (Lipinski definition) is 1. The Hall–Kier alpha value is -5.91. The molecule has 0 bridgehead atoms. The second kappa shape index (κ2) is 16.6. The van der Waals surface area contributed by atoms with E-state index in [-0.39, 0.29) is 51.2 Å². The molecule has 0 aromatic heterocycles. The predicted molar refractivity (Wildman–Crippen MR) is 175 cm³/mol. The Kier molecular flexibility index (Phi) is 12.1. The molecule has 0 unspecified atom stereocenters. The molecule has 0 aliphatic heterocycles. The van der Waals surface area contributed by atoms with Crippen LogP contribution in [0.5, 0.6) is 34.5 Å². The minimum Gasteiger partial charge on any atom is -0.496 e. The maximum Gasteiger partial charge on any atom is 0.346 e. The zero-order chi connectivity index (χ0) is 34.6. The summed E-state index contributed by atoms with van der Waals surface area (Å²) in [7, 11) is 8.48. The maximum absolute atomic E-state index is 14.0. The van der Waals surface area contributed by atoms with Gasteiger partial charge < -0.3 is 43.2 Å². The highest BCUT2D eigenvalue weighted by Crippen LogP contribution is 2.34. The average Bonchev–Trinajstić information content (AvgIpc) is 3.14. The molecule has 12 heteroatoms. The summed E-state index contributed by atoms with van der Waals surface area (Å²) in [5.74, 6) is -0.955. The van der Waals surface area contributed by atoms with Crippen molar-refractivity contribution in [1.82, 2.24) is 5.32 Å². The number of carbonyl (C=O) groups is 3. The van der Waals surface area contributed by atoms with Crippen LogP contribution < -0.4 is 33.7 Å². The Morgan fingerprint density at radius 2 is 0.917 bits per heavy atom. The van der Waals surface area contributed by atoms with Crippen LogP contribution in [0.4, 0.5) is 0 Å². The van der Waals surface area contributed by atoms with Crippen molar-refractivity contribution >= 4 is 17.8 Å². The molecule has 252 valence electrons. The highest BCUT2D eigenvalue weighted by atomic mass is 16.6. The molecule has 0 heterocycles. The van der Waals surface area contributed by atoms with Crippen LogP contribution in [-0.2, 0) is 9.47 Å². The highest BCUT2D eigenvalue weighted by Gasteiger charge is 2.34. The topological polar surface area (TPSA) is 137 Å². The van der Waals surface area contributed by atoms with Gasteiger partial charge in [-0.05, 0) is 42.0 Å². The van der Waals surface area contributed by atoms with Gasteiger partial charge in [0.15, 0.2) is 6.10 Å². The van der Waals surface area contributed by atoms with Crippen LogP contribution in [0.3, 0.4) is 0 Å². The Bertz CT molecular complexity index is 1660. The van der Waals surface area contributed by atoms with Gasteiger partial charge in [0, 0.05) is 0 Å². The molecule has 0 fully saturated rings. The number of amides is 1. The summed E-state index contributed by atoms with van der Waals surface area (Å²) in [6, 6.07) is 22.1. The largest absolute Gasteiger partial charge is 0.496 e. The minimum atomic E-state index is -1.20. The monoisotopic (exact) mass is 659 g/mol. The molecule has 2 atom stereocenters. The molecule has 1 N–H and O–H groups in total. The van der Waals surface area contributed by atoms with Crippen LogP contribution in [0.25, 0.3) is 0 Å². The van der Waals surface area contributed by atoms with Crippen molar-refractivity contribution in [3.8, 4) is 34.5 Å². The fraction of sp³-hybridized carbons (Fsp3) is 0.250. The summed E-state index contributed by atoms with van der Waals surface area (Å²) in [4.78, 5) is 41.4. The smallest absolute Gasteiger partial charge is 0.346 e. The summed E-state index contributed by atoms with van der Waals surface area (Å²) >= 11 is 0. The van der Waals surface area contributed by atoms with Gasteiger partial charge in [-0.2, -0.15) is 0 Å². The Balaban J connectivity index is 1.80. The number of ether oxygens (including phenoxy) is 8. The quantitative estimate of drug-likeness (QED) is 0.167. The van der Waals surface area contributed by atoms with Crippen molar-refractivity contribution in [3.63, 3.8) is 0 Å². The van der Waals surface area contributed by atoms with E-state index in [1.165, 1.54) is 42.7 Å². The van der Waals surface area contributed by atoms with Crippen LogP contribution >= 0.6 is 0 Å². The number of rotatable bonds is 15. The molecule has 12 nitrogen and oxygen atoms in total. The Morgan fingerprint density at radius 1 is 0.521 bits per heavy atom. The van der Waals surface area contributed by atoms with E-state index in [1.807, 2.05) is 0 Å². The molecule has 0 aliphatic carbocycles. The van der Waals surface area contributed by atoms with Crippen molar-refractivity contribution in [2.75, 3.05) is 49.3 Å². The van der Waals surface area contributed by atoms with E-state index < -0.39 is 36.6 Å². The van der Waals surface area contributed by atoms with E-state index >= 15 is 0 Å². The van der Waals surface area contributed by atoms with E-state index in [1.54, 1.807) is 84.9 Å². The first kappa shape index (κ1) is 35.0. The molecule has 4 aromatic carbocycles. The molecule has 48 heavy (non-hydrogen) atoms. The third-order valence-corrected chi connectivity index (χ3v) is 7.36. The third kappa shape index (κ3) is 7.72. The molecule has 0 radical (unpaired) electrons. The lowest BCUT2D eigenvalue weighted by atomic mass is 10.0. The van der Waals surface area contributed by atoms with Crippen molar-refractivity contribution < 1.29 is 52.3 Å². The zero-order valence-electron chi connectivity index (χ0n) is 27.4. The zero-order valence-corrected chi connectivity index (χ0v) is 27.4. The lowest BCUT2D eigenvalue weighted by Gasteiger charge is -2.29. The summed E-state index contributed by atoms with van der Waals surface area (Å²) in [5, 5.41) is 2.88. The standard InChI is InChI=1S/C36H37NO11/c1-41-24-15-10-16-25(42-2)30(24)34(38)37-23(21-47-35(39)31-26(43-3)17-11-18-27(31)44-4)33(22-13-8-7-9-14-22)48-36(40)32-28(45-5)19-12-20-29(32)46-6/h7-20,23,33H,21H2,1-6H3,(H,37,38)/t23-,33+/m0/s1. The maximum atomic E-state index is 14.0. The first-order valence-corrected chi connectivity index (χ1v) is 14.7. The second-order valence-corrected chi connectivity index (χ2v) is 10.0. The summed E-state index contributed by atoms with van der Waals surface area (Å²) in [6.45, 7) is -0.459. The molecular weight excluding hydrogens is 622 g/mol. The van der Waals surface area contributed by atoms with E-state index in [4.69, 9.17) is 37.9 Å². The second-order valence-electron chi connectivity index (χ2n) is 10.0. The SMILES string of the molecule is COc1cccc(OC)c1C(=O)N[C@@H](COC(=O)c1c(OC)cccc1OC)[C@H](OC(=O)c1c(OC)cccc1OC)c1ccccc1. The average molecular weight is 660 g/mol. The van der Waals surface area contributed by atoms with Gasteiger partial charge in [0.2, 0.25) is 0 Å². The van der Waals surface area contributed by atoms with E-state index in [0.717, 1.165) is 0 Å². The molecule has 1 amide bonds. The van der Waals surface area contributed by atoms with Crippen molar-refractivity contribution in [1.29, 1.82) is 0 Å². The van der Waals surface area contributed by atoms with Gasteiger partial charge in [0.1, 0.15) is 63.8 Å². The van der Waals surface area contributed by atoms with Crippen molar-refractivity contribution in [3.05, 3.63) is 107 Å². The van der Waals surface area contributed by atoms with E-state index in [0.29, 0.717) is 5.56 Å². The number of methoxy groups -OCH3 is 6. The third-order valence-electron chi connectivity index (χ3n) is 7.36. The van der Waals surface area contributed by atoms with Crippen LogP contribution in [0.15, 0.2) is 84.9 Å². The van der Waals surface area contributed by atoms with Crippen LogP contribution in [0.1, 0.15) is 42.7 Å². The number of hydrogen-bond acceptors (Lipinski definition) is 11. The summed E-state index contributed by atoms with van der Waals surface area (Å²) < 4.78 is 44.4. The van der Waals surface area contributed by atoms with Gasteiger partial charge >= 0.3 is 11.9 Å². The number of nitrogens with one attached hydrogen (secondary N) is 1. The van der Waals surface area contributed by atoms with Crippen LogP contribution in [0, 0.1) is 0 Å². The molecular formula is C36H37NO11. The van der Waals surface area contributed by atoms with Crippen molar-refractivity contribution in [2.24, 2.45) is 0 Å². The highest BCUT2D eigenvalue weighted by molar-refractivity contribution is 6.00. The fourth-order valence-electron chi connectivity index (χ4n) is 5.06. The lowest BCUT2D eigenvalue weighted by Crippen LogP contribution is -2.44. The molecule has 0 aliphatic rings. The van der Waals surface area contributed by atoms with Gasteiger partial charge in [-0.1, -0.05) is 48.5 Å². The lowest BCUT2D eigenvalue weighted by molar-refractivity contribution is 0.00423. The van der Waals surface area contributed by atoms with Crippen molar-refractivity contribution in [2.45, 2.75) is 12.1 Å². The number of esters is 2. The molecule has 0 saturated heterocycles. The van der Waals surface area contributed by atoms with Gasteiger partial charge in [0.05, 0.1) is 42.7 Å². The minimum absolute atomic E-state index is 0.0238. The first-order valence-electron chi connectivity index (χ1n) is 14.7. The van der Waals surface area contributed by atoms with Crippen LogP contribution in [0.2, 0.25) is 0 Å². The van der Waals surface area contributed by atoms with Crippen LogP contribution in [-0.4, -0.2) is 73.2 Å². The Morgan fingerprint density at radius 3 is 1.33 bits per heavy atom.